The Kier molecular flexibility index (Phi) is 8.10. The van der Waals surface area contributed by atoms with E-state index in [0.29, 0.717) is 34.3 Å². The predicted octanol–water partition coefficient (Wildman–Crippen LogP) is 4.24. The van der Waals surface area contributed by atoms with Crippen molar-refractivity contribution in [1.29, 1.82) is 0 Å². The number of pyridine rings is 1. The first kappa shape index (κ1) is 28.6. The van der Waals surface area contributed by atoms with Crippen LogP contribution in [0.25, 0.3) is 22.0 Å². The van der Waals surface area contributed by atoms with Gasteiger partial charge in [-0.3, -0.25) is 9.59 Å². The average Bonchev–Trinajstić information content (AvgIpc) is 2.88. The molecule has 3 N–H and O–H groups in total. The van der Waals surface area contributed by atoms with Crippen molar-refractivity contribution in [2.45, 2.75) is 12.6 Å². The van der Waals surface area contributed by atoms with E-state index in [0.717, 1.165) is 25.1 Å². The third-order valence-electron chi connectivity index (χ3n) is 6.44. The lowest BCUT2D eigenvalue weighted by molar-refractivity contribution is -0.137. The molecule has 0 aliphatic rings. The molecular formula is C28H30F3N7O2. The highest BCUT2D eigenvalue weighted by molar-refractivity contribution is 6.06. The number of rotatable bonds is 8. The molecule has 4 rings (SSSR count). The number of fused-ring (bicyclic) bond motifs is 1. The van der Waals surface area contributed by atoms with Crippen LogP contribution in [0.1, 0.15) is 22.3 Å². The molecule has 1 amide bonds. The molecule has 0 saturated carbocycles. The molecule has 0 bridgehead atoms. The van der Waals surface area contributed by atoms with Crippen molar-refractivity contribution in [1.82, 2.24) is 19.4 Å². The van der Waals surface area contributed by atoms with Gasteiger partial charge in [0.25, 0.3) is 11.5 Å². The van der Waals surface area contributed by atoms with Crippen LogP contribution in [0.5, 0.6) is 0 Å². The summed E-state index contributed by atoms with van der Waals surface area (Å²) in [6, 6.07) is 9.92. The molecule has 0 atom stereocenters. The number of carbonyl (C=O) groups is 1. The van der Waals surface area contributed by atoms with Crippen LogP contribution >= 0.6 is 0 Å². The number of nitrogen functional groups attached to an aromatic ring is 1. The largest absolute Gasteiger partial charge is 0.416 e. The Hall–Kier alpha value is -4.45. The highest BCUT2D eigenvalue weighted by atomic mass is 19.4. The second kappa shape index (κ2) is 11.3. The molecular weight excluding hydrogens is 523 g/mol. The summed E-state index contributed by atoms with van der Waals surface area (Å²) in [7, 11) is 7.10. The van der Waals surface area contributed by atoms with Crippen LogP contribution in [0.3, 0.4) is 0 Å². The van der Waals surface area contributed by atoms with E-state index in [-0.39, 0.29) is 17.2 Å². The van der Waals surface area contributed by atoms with Crippen LogP contribution in [-0.2, 0) is 13.2 Å². The summed E-state index contributed by atoms with van der Waals surface area (Å²) in [5.74, 6) is -0.680. The average molecular weight is 554 g/mol. The van der Waals surface area contributed by atoms with E-state index >= 15 is 0 Å². The van der Waals surface area contributed by atoms with Gasteiger partial charge >= 0.3 is 6.18 Å². The fourth-order valence-corrected chi connectivity index (χ4v) is 4.34. The molecule has 2 aromatic heterocycles. The highest BCUT2D eigenvalue weighted by Gasteiger charge is 2.31. The molecule has 0 aliphatic heterocycles. The van der Waals surface area contributed by atoms with Gasteiger partial charge in [-0.05, 0) is 74.6 Å². The van der Waals surface area contributed by atoms with Crippen molar-refractivity contribution in [2.75, 3.05) is 50.2 Å². The third-order valence-corrected chi connectivity index (χ3v) is 6.44. The van der Waals surface area contributed by atoms with Crippen molar-refractivity contribution in [3.8, 4) is 11.1 Å². The number of amides is 1. The number of nitrogens with two attached hydrogens (primary N) is 1. The lowest BCUT2D eigenvalue weighted by Gasteiger charge is -2.24. The second-order valence-corrected chi connectivity index (χ2v) is 9.82. The summed E-state index contributed by atoms with van der Waals surface area (Å²) in [4.78, 5) is 38.3. The van der Waals surface area contributed by atoms with Gasteiger partial charge in [-0.25, -0.2) is 9.97 Å². The molecule has 2 heterocycles. The number of nitrogens with one attached hydrogen (secondary N) is 1. The number of nitrogens with zero attached hydrogens (tertiary/aromatic N) is 5. The van der Waals surface area contributed by atoms with Crippen LogP contribution in [0.2, 0.25) is 0 Å². The molecule has 40 heavy (non-hydrogen) atoms. The van der Waals surface area contributed by atoms with Gasteiger partial charge in [-0.2, -0.15) is 13.2 Å². The molecule has 210 valence electrons. The minimum atomic E-state index is -4.61. The van der Waals surface area contributed by atoms with Crippen molar-refractivity contribution in [3.63, 3.8) is 0 Å². The lowest BCUT2D eigenvalue weighted by Crippen LogP contribution is -2.29. The molecule has 0 fully saturated rings. The first-order valence-electron chi connectivity index (χ1n) is 12.5. The third kappa shape index (κ3) is 6.40. The van der Waals surface area contributed by atoms with Gasteiger partial charge < -0.3 is 25.4 Å². The summed E-state index contributed by atoms with van der Waals surface area (Å²) >= 11 is 0. The first-order chi connectivity index (χ1) is 18.8. The van der Waals surface area contributed by atoms with Crippen molar-refractivity contribution >= 4 is 34.1 Å². The summed E-state index contributed by atoms with van der Waals surface area (Å²) in [5.41, 5.74) is 6.17. The molecule has 4 aromatic rings. The van der Waals surface area contributed by atoms with Crippen LogP contribution in [0.15, 0.2) is 59.7 Å². The number of alkyl halides is 3. The van der Waals surface area contributed by atoms with Crippen LogP contribution in [0, 0.1) is 0 Å². The number of carbonyl (C=O) groups excluding carboxylic acids is 1. The summed E-state index contributed by atoms with van der Waals surface area (Å²) in [5, 5.41) is 3.27. The maximum atomic E-state index is 13.5. The minimum Gasteiger partial charge on any atom is -0.373 e. The molecule has 9 nitrogen and oxygen atoms in total. The summed E-state index contributed by atoms with van der Waals surface area (Å²) in [6.45, 7) is 1.32. The van der Waals surface area contributed by atoms with E-state index < -0.39 is 23.2 Å². The number of hydrogen-bond donors (Lipinski definition) is 2. The standard InChI is InChI=1S/C28H30F3N7O2/c1-36(2)10-5-11-37(3)24-9-7-20(28(29,30)31)14-23(24)34-25(39)21-13-19(16-38(4)26(21)40)17-6-8-22-18(12-17)15-33-27(32)35-22/h6-9,12-16H,5,10-11H2,1-4H3,(H,34,39)(H2,32,33,35). The van der Waals surface area contributed by atoms with Crippen molar-refractivity contribution in [2.24, 2.45) is 7.05 Å². The van der Waals surface area contributed by atoms with Gasteiger partial charge in [-0.15, -0.1) is 0 Å². The molecule has 0 saturated heterocycles. The topological polar surface area (TPSA) is 109 Å². The molecule has 12 heteroatoms. The maximum Gasteiger partial charge on any atom is 0.416 e. The SMILES string of the molecule is CN(C)CCCN(C)c1ccc(C(F)(F)F)cc1NC(=O)c1cc(-c2ccc3nc(N)ncc3c2)cn(C)c1=O. The summed E-state index contributed by atoms with van der Waals surface area (Å²) < 4.78 is 41.9. The van der Waals surface area contributed by atoms with Crippen LogP contribution in [0.4, 0.5) is 30.5 Å². The van der Waals surface area contributed by atoms with Crippen molar-refractivity contribution < 1.29 is 18.0 Å². The number of anilines is 3. The van der Waals surface area contributed by atoms with E-state index in [2.05, 4.69) is 15.3 Å². The van der Waals surface area contributed by atoms with E-state index in [1.165, 1.54) is 23.7 Å². The Morgan fingerprint density at radius 3 is 2.50 bits per heavy atom. The maximum absolute atomic E-state index is 13.5. The Balaban J connectivity index is 1.70. The molecule has 0 radical (unpaired) electrons. The van der Waals surface area contributed by atoms with Gasteiger partial charge in [0.2, 0.25) is 5.95 Å². The monoisotopic (exact) mass is 553 g/mol. The Morgan fingerprint density at radius 1 is 1.05 bits per heavy atom. The highest BCUT2D eigenvalue weighted by Crippen LogP contribution is 2.35. The predicted molar refractivity (Wildman–Crippen MR) is 150 cm³/mol. The van der Waals surface area contributed by atoms with Gasteiger partial charge in [0, 0.05) is 38.4 Å². The minimum absolute atomic E-state index is 0.0416. The van der Waals surface area contributed by atoms with Gasteiger partial charge in [-0.1, -0.05) is 6.07 Å². The zero-order valence-electron chi connectivity index (χ0n) is 22.6. The zero-order chi connectivity index (χ0) is 29.2. The first-order valence-corrected chi connectivity index (χ1v) is 12.5. The number of hydrogen-bond acceptors (Lipinski definition) is 7. The fourth-order valence-electron chi connectivity index (χ4n) is 4.34. The van der Waals surface area contributed by atoms with E-state index in [1.54, 1.807) is 42.5 Å². The number of aromatic nitrogens is 3. The van der Waals surface area contributed by atoms with Crippen LogP contribution < -0.4 is 21.5 Å². The zero-order valence-corrected chi connectivity index (χ0v) is 22.6. The van der Waals surface area contributed by atoms with Crippen LogP contribution in [-0.4, -0.2) is 59.6 Å². The Labute approximate surface area is 229 Å². The summed E-state index contributed by atoms with van der Waals surface area (Å²) in [6.07, 6.45) is -0.709. The Morgan fingerprint density at radius 2 is 1.80 bits per heavy atom. The number of benzene rings is 2. The Bertz CT molecular complexity index is 1620. The number of aryl methyl sites for hydroxylation is 1. The van der Waals surface area contributed by atoms with E-state index in [9.17, 15) is 22.8 Å². The second-order valence-electron chi connectivity index (χ2n) is 9.82. The van der Waals surface area contributed by atoms with Gasteiger partial charge in [0.1, 0.15) is 5.56 Å². The normalized spacial score (nSPS) is 11.7. The van der Waals surface area contributed by atoms with E-state index in [1.807, 2.05) is 19.0 Å². The fraction of sp³-hybridized carbons (Fsp3) is 0.286. The molecule has 0 unspecified atom stereocenters. The molecule has 0 spiro atoms. The molecule has 2 aromatic carbocycles. The molecule has 0 aliphatic carbocycles. The van der Waals surface area contributed by atoms with E-state index in [4.69, 9.17) is 5.73 Å². The quantitative estimate of drug-likeness (QED) is 0.336. The smallest absolute Gasteiger partial charge is 0.373 e. The van der Waals surface area contributed by atoms with Crippen molar-refractivity contribution in [3.05, 3.63) is 76.3 Å². The lowest BCUT2D eigenvalue weighted by atomic mass is 10.0. The van der Waals surface area contributed by atoms with Gasteiger partial charge in [0.15, 0.2) is 0 Å². The number of halogens is 3. The van der Waals surface area contributed by atoms with Gasteiger partial charge in [0.05, 0.1) is 22.5 Å².